The first-order chi connectivity index (χ1) is 9.96. The van der Waals surface area contributed by atoms with Crippen LogP contribution in [-0.2, 0) is 20.8 Å². The SMILES string of the molecule is O=c1ccc2cc(OS(=O)(=O)O)c(O)c(OS(=O)(=O)O)c2o1.[H-].[K+]. The molecular formula is C9H7KO11S2. The zero-order valence-corrected chi connectivity index (χ0v) is 15.9. The van der Waals surface area contributed by atoms with E-state index in [1.54, 1.807) is 0 Å². The number of phenolic OH excluding ortho intramolecular Hbond substituents is 1. The van der Waals surface area contributed by atoms with Crippen LogP contribution in [0.4, 0.5) is 0 Å². The van der Waals surface area contributed by atoms with Crippen molar-refractivity contribution in [2.75, 3.05) is 0 Å². The summed E-state index contributed by atoms with van der Waals surface area (Å²) in [5.74, 6) is -3.28. The molecule has 122 valence electrons. The number of benzene rings is 1. The maximum atomic E-state index is 11.1. The second-order valence-corrected chi connectivity index (χ2v) is 5.79. The van der Waals surface area contributed by atoms with Crippen LogP contribution in [0.5, 0.6) is 17.2 Å². The van der Waals surface area contributed by atoms with E-state index in [1.807, 2.05) is 0 Å². The summed E-state index contributed by atoms with van der Waals surface area (Å²) >= 11 is 0. The van der Waals surface area contributed by atoms with Crippen molar-refractivity contribution in [3.63, 3.8) is 0 Å². The van der Waals surface area contributed by atoms with Crippen molar-refractivity contribution in [2.24, 2.45) is 0 Å². The summed E-state index contributed by atoms with van der Waals surface area (Å²) in [7, 11) is -10.2. The molecule has 11 nitrogen and oxygen atoms in total. The molecule has 0 fully saturated rings. The van der Waals surface area contributed by atoms with Crippen molar-refractivity contribution in [1.29, 1.82) is 0 Å². The number of hydrogen-bond donors (Lipinski definition) is 3. The smallest absolute Gasteiger partial charge is 1.00 e. The van der Waals surface area contributed by atoms with Gasteiger partial charge < -0.3 is 19.3 Å². The van der Waals surface area contributed by atoms with E-state index in [2.05, 4.69) is 12.8 Å². The van der Waals surface area contributed by atoms with Crippen LogP contribution < -0.4 is 65.4 Å². The molecule has 2 aromatic rings. The van der Waals surface area contributed by atoms with Gasteiger partial charge in [-0.1, -0.05) is 0 Å². The Morgan fingerprint density at radius 1 is 1.04 bits per heavy atom. The van der Waals surface area contributed by atoms with E-state index in [-0.39, 0.29) is 58.2 Å². The van der Waals surface area contributed by atoms with Gasteiger partial charge in [-0.25, -0.2) is 4.79 Å². The van der Waals surface area contributed by atoms with E-state index >= 15 is 0 Å². The van der Waals surface area contributed by atoms with Crippen LogP contribution in [-0.4, -0.2) is 31.0 Å². The number of rotatable bonds is 4. The minimum Gasteiger partial charge on any atom is -1.00 e. The molecular weight excluding hydrogens is 387 g/mol. The first kappa shape index (κ1) is 20.3. The third-order valence-corrected chi connectivity index (χ3v) is 2.96. The zero-order valence-electron chi connectivity index (χ0n) is 12.2. The fourth-order valence-electron chi connectivity index (χ4n) is 1.51. The molecule has 0 amide bonds. The van der Waals surface area contributed by atoms with Gasteiger partial charge in [0.05, 0.1) is 0 Å². The molecule has 0 radical (unpaired) electrons. The molecule has 14 heteroatoms. The molecule has 0 aliphatic carbocycles. The number of fused-ring (bicyclic) bond motifs is 1. The normalized spacial score (nSPS) is 11.7. The molecule has 0 saturated heterocycles. The van der Waals surface area contributed by atoms with Crippen LogP contribution >= 0.6 is 0 Å². The molecule has 0 spiro atoms. The van der Waals surface area contributed by atoms with Gasteiger partial charge in [0.1, 0.15) is 0 Å². The number of aromatic hydroxyl groups is 1. The van der Waals surface area contributed by atoms with Crippen molar-refractivity contribution in [3.05, 3.63) is 28.6 Å². The third-order valence-electron chi connectivity index (χ3n) is 2.19. The minimum absolute atomic E-state index is 0. The maximum Gasteiger partial charge on any atom is 1.00 e. The molecule has 0 aliphatic heterocycles. The molecule has 1 aromatic heterocycles. The zero-order chi connectivity index (χ0) is 16.7. The van der Waals surface area contributed by atoms with E-state index in [0.29, 0.717) is 0 Å². The number of phenols is 1. The fraction of sp³-hybridized carbons (Fsp3) is 0. The maximum absolute atomic E-state index is 11.1. The second-order valence-electron chi connectivity index (χ2n) is 3.75. The summed E-state index contributed by atoms with van der Waals surface area (Å²) in [6.45, 7) is 0. The topological polar surface area (TPSA) is 178 Å². The Bertz CT molecular complexity index is 1010. The average molecular weight is 394 g/mol. The first-order valence-corrected chi connectivity index (χ1v) is 7.83. The molecule has 0 atom stereocenters. The van der Waals surface area contributed by atoms with Gasteiger partial charge in [0, 0.05) is 11.5 Å². The van der Waals surface area contributed by atoms with Crippen molar-refractivity contribution in [1.82, 2.24) is 0 Å². The molecule has 1 aromatic carbocycles. The van der Waals surface area contributed by atoms with Gasteiger partial charge in [-0.15, -0.1) is 0 Å². The van der Waals surface area contributed by atoms with Crippen LogP contribution in [0.25, 0.3) is 11.0 Å². The molecule has 0 saturated carbocycles. The minimum atomic E-state index is -5.15. The molecule has 2 rings (SSSR count). The summed E-state index contributed by atoms with van der Waals surface area (Å²) in [6.07, 6.45) is 0. The van der Waals surface area contributed by atoms with Crippen LogP contribution in [0.15, 0.2) is 27.4 Å². The van der Waals surface area contributed by atoms with E-state index in [1.165, 1.54) is 0 Å². The van der Waals surface area contributed by atoms with Gasteiger partial charge in [-0.05, 0) is 12.1 Å². The quantitative estimate of drug-likeness (QED) is 0.273. The van der Waals surface area contributed by atoms with E-state index < -0.39 is 49.3 Å². The van der Waals surface area contributed by atoms with Gasteiger partial charge in [-0.3, -0.25) is 9.11 Å². The molecule has 3 N–H and O–H groups in total. The van der Waals surface area contributed by atoms with Crippen LogP contribution in [0.1, 0.15) is 1.43 Å². The molecule has 0 aliphatic rings. The standard InChI is InChI=1S/C9H6O11S2.K.H/c10-6-2-1-4-3-5(19-21(12,13)14)7(11)9(8(4)18-6)20-22(15,16)17;;/h1-3,11H,(H,12,13,14)(H,15,16,17);;/q;+1;-1. The molecule has 0 bridgehead atoms. The van der Waals surface area contributed by atoms with Crippen LogP contribution in [0, 0.1) is 0 Å². The number of hydrogen-bond acceptors (Lipinski definition) is 9. The Hall–Kier alpha value is -0.714. The van der Waals surface area contributed by atoms with Crippen molar-refractivity contribution < 1.29 is 96.6 Å². The van der Waals surface area contributed by atoms with E-state index in [0.717, 1.165) is 18.2 Å². The summed E-state index contributed by atoms with van der Waals surface area (Å²) < 4.78 is 72.8. The van der Waals surface area contributed by atoms with E-state index in [4.69, 9.17) is 9.11 Å². The van der Waals surface area contributed by atoms with E-state index in [9.17, 15) is 26.7 Å². The van der Waals surface area contributed by atoms with Gasteiger partial charge in [0.2, 0.25) is 11.5 Å². The van der Waals surface area contributed by atoms with Crippen molar-refractivity contribution in [3.8, 4) is 17.2 Å². The Kier molecular flexibility index (Phi) is 6.22. The van der Waals surface area contributed by atoms with Gasteiger partial charge >= 0.3 is 77.8 Å². The Morgan fingerprint density at radius 2 is 1.61 bits per heavy atom. The molecule has 0 unspecified atom stereocenters. The largest absolute Gasteiger partial charge is 1.00 e. The first-order valence-electron chi connectivity index (χ1n) is 5.10. The summed E-state index contributed by atoms with van der Waals surface area (Å²) in [6, 6.07) is 2.78. The van der Waals surface area contributed by atoms with Gasteiger partial charge in [0.15, 0.2) is 11.3 Å². The Morgan fingerprint density at radius 3 is 2.13 bits per heavy atom. The second kappa shape index (κ2) is 7.04. The molecule has 23 heavy (non-hydrogen) atoms. The predicted molar refractivity (Wildman–Crippen MR) is 69.6 cm³/mol. The van der Waals surface area contributed by atoms with Crippen LogP contribution in [0.3, 0.4) is 0 Å². The fourth-order valence-corrected chi connectivity index (χ4v) is 2.23. The Labute approximate surface area is 172 Å². The average Bonchev–Trinajstić information content (AvgIpc) is 2.32. The van der Waals surface area contributed by atoms with Crippen LogP contribution in [0.2, 0.25) is 0 Å². The third kappa shape index (κ3) is 5.40. The molecule has 1 heterocycles. The predicted octanol–water partition coefficient (Wildman–Crippen LogP) is -3.02. The van der Waals surface area contributed by atoms with Crippen molar-refractivity contribution in [2.45, 2.75) is 0 Å². The monoisotopic (exact) mass is 394 g/mol. The van der Waals surface area contributed by atoms with Gasteiger partial charge in [0.25, 0.3) is 0 Å². The van der Waals surface area contributed by atoms with Gasteiger partial charge in [-0.2, -0.15) is 16.8 Å². The summed E-state index contributed by atoms with van der Waals surface area (Å²) in [5.41, 5.74) is -1.55. The Balaban J connectivity index is 0.00000264. The summed E-state index contributed by atoms with van der Waals surface area (Å²) in [4.78, 5) is 11.1. The summed E-state index contributed by atoms with van der Waals surface area (Å²) in [5, 5.41) is 9.61. The van der Waals surface area contributed by atoms with Crippen molar-refractivity contribution >= 4 is 31.8 Å².